The van der Waals surface area contributed by atoms with Crippen molar-refractivity contribution in [3.63, 3.8) is 0 Å². The van der Waals surface area contributed by atoms with Gasteiger partial charge in [-0.1, -0.05) is 38.1 Å². The molecule has 0 heterocycles. The van der Waals surface area contributed by atoms with Crippen LogP contribution in [0.1, 0.15) is 57.2 Å². The van der Waals surface area contributed by atoms with E-state index in [9.17, 15) is 9.59 Å². The van der Waals surface area contributed by atoms with Crippen molar-refractivity contribution < 1.29 is 9.59 Å². The molecular weight excluding hydrogens is 264 g/mol. The SMILES string of the molecule is CC(C)c1cc2c(c(N)c1N)C(=O)c1ccccc1C2=O. The Morgan fingerprint density at radius 2 is 1.43 bits per heavy atom. The Kier molecular flexibility index (Phi) is 2.83. The number of hydrogen-bond donors (Lipinski definition) is 2. The summed E-state index contributed by atoms with van der Waals surface area (Å²) in [6, 6.07) is 8.50. The first-order chi connectivity index (χ1) is 9.93. The molecule has 3 rings (SSSR count). The standard InChI is InChI=1S/C17H16N2O2/c1-8(2)11-7-12-13(15(19)14(11)18)17(21)10-6-4-3-5-9(10)16(12)20/h3-8H,18-19H2,1-2H3. The summed E-state index contributed by atoms with van der Waals surface area (Å²) in [5.41, 5.74) is 14.9. The molecule has 1 aliphatic carbocycles. The molecule has 2 aromatic carbocycles. The zero-order valence-electron chi connectivity index (χ0n) is 11.9. The third-order valence-electron chi connectivity index (χ3n) is 3.95. The summed E-state index contributed by atoms with van der Waals surface area (Å²) in [5.74, 6) is -0.286. The Morgan fingerprint density at radius 1 is 0.857 bits per heavy atom. The van der Waals surface area contributed by atoms with E-state index in [4.69, 9.17) is 11.5 Å². The molecule has 0 unspecified atom stereocenters. The summed E-state index contributed by atoms with van der Waals surface area (Å²) < 4.78 is 0. The zero-order valence-corrected chi connectivity index (χ0v) is 11.9. The van der Waals surface area contributed by atoms with Gasteiger partial charge >= 0.3 is 0 Å². The van der Waals surface area contributed by atoms with E-state index in [-0.39, 0.29) is 28.7 Å². The fourth-order valence-corrected chi connectivity index (χ4v) is 2.80. The van der Waals surface area contributed by atoms with Gasteiger partial charge in [-0.3, -0.25) is 9.59 Å². The largest absolute Gasteiger partial charge is 0.397 e. The smallest absolute Gasteiger partial charge is 0.196 e. The van der Waals surface area contributed by atoms with Crippen molar-refractivity contribution in [2.45, 2.75) is 19.8 Å². The molecule has 4 heteroatoms. The van der Waals surface area contributed by atoms with E-state index in [1.165, 1.54) is 0 Å². The van der Waals surface area contributed by atoms with Gasteiger partial charge in [0.05, 0.1) is 16.9 Å². The lowest BCUT2D eigenvalue weighted by Gasteiger charge is -2.22. The molecule has 0 aromatic heterocycles. The van der Waals surface area contributed by atoms with E-state index in [1.807, 2.05) is 13.8 Å². The molecule has 0 saturated heterocycles. The van der Waals surface area contributed by atoms with Crippen LogP contribution >= 0.6 is 0 Å². The van der Waals surface area contributed by atoms with E-state index in [1.54, 1.807) is 30.3 Å². The Labute approximate surface area is 122 Å². The molecule has 1 aliphatic rings. The summed E-state index contributed by atoms with van der Waals surface area (Å²) in [6.45, 7) is 3.95. The van der Waals surface area contributed by atoms with Crippen LogP contribution in [0.15, 0.2) is 30.3 Å². The third-order valence-corrected chi connectivity index (χ3v) is 3.95. The lowest BCUT2D eigenvalue weighted by atomic mass is 9.80. The summed E-state index contributed by atoms with van der Waals surface area (Å²) in [6.07, 6.45) is 0. The molecule has 21 heavy (non-hydrogen) atoms. The van der Waals surface area contributed by atoms with Crippen molar-refractivity contribution in [1.82, 2.24) is 0 Å². The van der Waals surface area contributed by atoms with E-state index in [2.05, 4.69) is 0 Å². The number of nitrogens with two attached hydrogens (primary N) is 2. The second kappa shape index (κ2) is 4.45. The summed E-state index contributed by atoms with van der Waals surface area (Å²) in [5, 5.41) is 0. The average Bonchev–Trinajstić information content (AvgIpc) is 2.47. The minimum absolute atomic E-state index is 0.123. The van der Waals surface area contributed by atoms with Crippen LogP contribution < -0.4 is 11.5 Å². The molecule has 0 amide bonds. The normalized spacial score (nSPS) is 13.3. The van der Waals surface area contributed by atoms with E-state index in [0.717, 1.165) is 5.56 Å². The maximum atomic E-state index is 12.6. The number of anilines is 2. The van der Waals surface area contributed by atoms with Gasteiger partial charge in [0.25, 0.3) is 0 Å². The quantitative estimate of drug-likeness (QED) is 0.671. The minimum Gasteiger partial charge on any atom is -0.397 e. The topological polar surface area (TPSA) is 86.2 Å². The first kappa shape index (κ1) is 13.4. The predicted octanol–water partition coefficient (Wildman–Crippen LogP) is 2.75. The number of fused-ring (bicyclic) bond motifs is 2. The summed E-state index contributed by atoms with van der Waals surface area (Å²) in [7, 11) is 0. The molecule has 0 aliphatic heterocycles. The molecule has 4 N–H and O–H groups in total. The molecule has 0 saturated carbocycles. The fraction of sp³-hybridized carbons (Fsp3) is 0.176. The van der Waals surface area contributed by atoms with E-state index >= 15 is 0 Å². The Balaban J connectivity index is 2.36. The fourth-order valence-electron chi connectivity index (χ4n) is 2.80. The van der Waals surface area contributed by atoms with Crippen LogP contribution in [0.2, 0.25) is 0 Å². The Bertz CT molecular complexity index is 792. The molecule has 2 aromatic rings. The van der Waals surface area contributed by atoms with Crippen molar-refractivity contribution in [3.05, 3.63) is 58.1 Å². The molecule has 0 spiro atoms. The lowest BCUT2D eigenvalue weighted by Crippen LogP contribution is -2.23. The Morgan fingerprint density at radius 3 is 2.00 bits per heavy atom. The van der Waals surface area contributed by atoms with Gasteiger partial charge in [0.1, 0.15) is 0 Å². The van der Waals surface area contributed by atoms with Gasteiger partial charge in [-0.15, -0.1) is 0 Å². The molecular formula is C17H16N2O2. The third kappa shape index (κ3) is 1.76. The molecule has 0 radical (unpaired) electrons. The van der Waals surface area contributed by atoms with Crippen LogP contribution in [0, 0.1) is 0 Å². The van der Waals surface area contributed by atoms with E-state index < -0.39 is 0 Å². The van der Waals surface area contributed by atoms with Crippen LogP contribution in [0.5, 0.6) is 0 Å². The van der Waals surface area contributed by atoms with Gasteiger partial charge in [0.15, 0.2) is 11.6 Å². The highest BCUT2D eigenvalue weighted by atomic mass is 16.1. The van der Waals surface area contributed by atoms with Gasteiger partial charge in [-0.25, -0.2) is 0 Å². The highest BCUT2D eigenvalue weighted by molar-refractivity contribution is 6.30. The second-order valence-corrected chi connectivity index (χ2v) is 5.57. The average molecular weight is 280 g/mol. The summed E-state index contributed by atoms with van der Waals surface area (Å²) in [4.78, 5) is 25.3. The monoisotopic (exact) mass is 280 g/mol. The zero-order chi connectivity index (χ0) is 15.3. The van der Waals surface area contributed by atoms with Gasteiger partial charge in [0, 0.05) is 16.7 Å². The van der Waals surface area contributed by atoms with Crippen LogP contribution in [-0.2, 0) is 0 Å². The van der Waals surface area contributed by atoms with Crippen molar-refractivity contribution >= 4 is 22.9 Å². The summed E-state index contributed by atoms with van der Waals surface area (Å²) >= 11 is 0. The van der Waals surface area contributed by atoms with Crippen molar-refractivity contribution in [1.29, 1.82) is 0 Å². The maximum absolute atomic E-state index is 12.6. The Hall–Kier alpha value is -2.62. The van der Waals surface area contributed by atoms with Crippen molar-refractivity contribution in [3.8, 4) is 0 Å². The van der Waals surface area contributed by atoms with Gasteiger partial charge in [0.2, 0.25) is 0 Å². The van der Waals surface area contributed by atoms with Crippen LogP contribution in [-0.4, -0.2) is 11.6 Å². The van der Waals surface area contributed by atoms with E-state index in [0.29, 0.717) is 22.4 Å². The van der Waals surface area contributed by atoms with Crippen molar-refractivity contribution in [2.24, 2.45) is 0 Å². The van der Waals surface area contributed by atoms with Gasteiger partial charge < -0.3 is 11.5 Å². The second-order valence-electron chi connectivity index (χ2n) is 5.57. The molecule has 106 valence electrons. The highest BCUT2D eigenvalue weighted by Gasteiger charge is 2.33. The maximum Gasteiger partial charge on any atom is 0.196 e. The number of rotatable bonds is 1. The first-order valence-electron chi connectivity index (χ1n) is 6.83. The van der Waals surface area contributed by atoms with Crippen LogP contribution in [0.4, 0.5) is 11.4 Å². The highest BCUT2D eigenvalue weighted by Crippen LogP contribution is 2.38. The number of ketones is 2. The lowest BCUT2D eigenvalue weighted by molar-refractivity contribution is 0.0979. The number of carbonyl (C=O) groups is 2. The van der Waals surface area contributed by atoms with Crippen molar-refractivity contribution in [2.75, 3.05) is 11.5 Å². The van der Waals surface area contributed by atoms with Gasteiger partial charge in [-0.2, -0.15) is 0 Å². The van der Waals surface area contributed by atoms with Crippen LogP contribution in [0.25, 0.3) is 0 Å². The number of carbonyl (C=O) groups excluding carboxylic acids is 2. The molecule has 0 fully saturated rings. The minimum atomic E-state index is -0.236. The molecule has 0 atom stereocenters. The molecule has 0 bridgehead atoms. The number of nitrogen functional groups attached to an aromatic ring is 2. The number of hydrogen-bond acceptors (Lipinski definition) is 4. The number of benzene rings is 2. The molecule has 4 nitrogen and oxygen atoms in total. The van der Waals surface area contributed by atoms with Gasteiger partial charge in [-0.05, 0) is 17.5 Å². The first-order valence-corrected chi connectivity index (χ1v) is 6.83. The predicted molar refractivity (Wildman–Crippen MR) is 82.7 cm³/mol. The van der Waals surface area contributed by atoms with Crippen LogP contribution in [0.3, 0.4) is 0 Å².